The molecule has 0 amide bonds. The molecule has 7 heteroatoms. The summed E-state index contributed by atoms with van der Waals surface area (Å²) in [5, 5.41) is 7.56. The van der Waals surface area contributed by atoms with Crippen molar-refractivity contribution in [3.8, 4) is 0 Å². The summed E-state index contributed by atoms with van der Waals surface area (Å²) in [5.74, 6) is 2.58. The van der Waals surface area contributed by atoms with E-state index in [1.54, 1.807) is 0 Å². The Morgan fingerprint density at radius 3 is 2.48 bits per heavy atom. The Kier molecular flexibility index (Phi) is 6.97. The summed E-state index contributed by atoms with van der Waals surface area (Å²) in [5.41, 5.74) is 1.52. The first-order valence-corrected chi connectivity index (χ1v) is 12.1. The normalized spacial score (nSPS) is 22.9. The number of rotatable bonds is 5. The lowest BCUT2D eigenvalue weighted by atomic mass is 9.79. The largest absolute Gasteiger partial charge is 0.361 e. The summed E-state index contributed by atoms with van der Waals surface area (Å²) in [6.07, 6.45) is 6.11. The second kappa shape index (κ2) is 9.70. The van der Waals surface area contributed by atoms with Gasteiger partial charge in [-0.2, -0.15) is 4.98 Å². The lowest BCUT2D eigenvalue weighted by Crippen LogP contribution is -2.41. The molecule has 5 nitrogen and oxygen atoms in total. The Balaban J connectivity index is 1.42. The highest BCUT2D eigenvalue weighted by Gasteiger charge is 2.35. The van der Waals surface area contributed by atoms with Gasteiger partial charge in [0.15, 0.2) is 5.11 Å². The second-order valence-corrected chi connectivity index (χ2v) is 10.2. The van der Waals surface area contributed by atoms with Gasteiger partial charge in [0, 0.05) is 31.1 Å². The van der Waals surface area contributed by atoms with Crippen molar-refractivity contribution < 1.29 is 0 Å². The lowest BCUT2D eigenvalue weighted by Gasteiger charge is -2.35. The predicted octanol–water partition coefficient (Wildman–Crippen LogP) is 5.41. The van der Waals surface area contributed by atoms with E-state index in [-0.39, 0.29) is 5.41 Å². The molecule has 1 aliphatic heterocycles. The third-order valence-electron chi connectivity index (χ3n) is 6.63. The minimum absolute atomic E-state index is 0.132. The van der Waals surface area contributed by atoms with Gasteiger partial charge >= 0.3 is 0 Å². The fraction of sp³-hybridized carbons (Fsp3) is 0.542. The number of hydrogen-bond donors (Lipinski definition) is 2. The molecule has 1 aliphatic carbocycles. The zero-order valence-corrected chi connectivity index (χ0v) is 20.0. The first-order chi connectivity index (χ1) is 14.9. The molecular formula is C24H32ClN5S. The maximum absolute atomic E-state index is 6.33. The number of anilines is 2. The maximum Gasteiger partial charge on any atom is 0.232 e. The van der Waals surface area contributed by atoms with Crippen LogP contribution in [-0.2, 0) is 5.41 Å². The van der Waals surface area contributed by atoms with Gasteiger partial charge in [-0.1, -0.05) is 68.6 Å². The summed E-state index contributed by atoms with van der Waals surface area (Å²) in [4.78, 5) is 11.4. The van der Waals surface area contributed by atoms with Gasteiger partial charge in [-0.15, -0.1) is 0 Å². The summed E-state index contributed by atoms with van der Waals surface area (Å²) in [6.45, 7) is 7.35. The Morgan fingerprint density at radius 1 is 1.13 bits per heavy atom. The van der Waals surface area contributed by atoms with Crippen LogP contribution in [-0.4, -0.2) is 34.7 Å². The number of nitrogens with one attached hydrogen (secondary N) is 2. The van der Waals surface area contributed by atoms with Gasteiger partial charge in [0.2, 0.25) is 5.95 Å². The van der Waals surface area contributed by atoms with Crippen molar-refractivity contribution in [3.63, 3.8) is 0 Å². The molecule has 31 heavy (non-hydrogen) atoms. The van der Waals surface area contributed by atoms with Crippen LogP contribution in [0.15, 0.2) is 36.4 Å². The quantitative estimate of drug-likeness (QED) is 0.462. The first kappa shape index (κ1) is 22.3. The molecule has 0 radical (unpaired) electrons. The number of hydrogen-bond acceptors (Lipinski definition) is 4. The fourth-order valence-corrected chi connectivity index (χ4v) is 5.62. The Morgan fingerprint density at radius 2 is 1.81 bits per heavy atom. The smallest absolute Gasteiger partial charge is 0.232 e. The molecule has 1 aromatic carbocycles. The molecule has 0 bridgehead atoms. The van der Waals surface area contributed by atoms with Crippen LogP contribution in [0, 0.1) is 11.8 Å². The van der Waals surface area contributed by atoms with Crippen molar-refractivity contribution >= 4 is 40.7 Å². The Hall–Kier alpha value is -1.92. The molecule has 1 saturated carbocycles. The molecule has 1 aromatic heterocycles. The zero-order chi connectivity index (χ0) is 21.8. The van der Waals surface area contributed by atoms with E-state index in [2.05, 4.69) is 64.7 Å². The number of thiocarbonyl (C=S) groups is 1. The van der Waals surface area contributed by atoms with Crippen molar-refractivity contribution in [2.75, 3.05) is 29.9 Å². The van der Waals surface area contributed by atoms with Gasteiger partial charge in [-0.25, -0.2) is 4.98 Å². The number of halogens is 1. The predicted molar refractivity (Wildman–Crippen MR) is 133 cm³/mol. The van der Waals surface area contributed by atoms with Gasteiger partial charge in [0.25, 0.3) is 0 Å². The average molecular weight is 458 g/mol. The van der Waals surface area contributed by atoms with Crippen LogP contribution in [0.4, 0.5) is 11.8 Å². The molecule has 166 valence electrons. The number of aromatic nitrogens is 2. The van der Waals surface area contributed by atoms with Crippen LogP contribution in [0.3, 0.4) is 0 Å². The number of piperidine rings is 1. The molecule has 2 aromatic rings. The standard InChI is InChI=1S/C24H32ClN5S/c1-17-12-18(2)15-30(14-17)21-13-20(25)27-22(28-21)29-23(31)26-16-24(10-6-7-11-24)19-8-4-3-5-9-19/h3-5,8-9,13,17-18H,6-7,10-12,14-16H2,1-2H3,(H2,26,27,28,29,31)/t17-,18-/m1/s1. The highest BCUT2D eigenvalue weighted by molar-refractivity contribution is 7.80. The number of nitrogens with zero attached hydrogens (tertiary/aromatic N) is 3. The fourth-order valence-electron chi connectivity index (χ4n) is 5.28. The van der Waals surface area contributed by atoms with Gasteiger partial charge in [-0.05, 0) is 48.9 Å². The lowest BCUT2D eigenvalue weighted by molar-refractivity contribution is 0.355. The molecule has 0 unspecified atom stereocenters. The van der Waals surface area contributed by atoms with Crippen LogP contribution >= 0.6 is 23.8 Å². The molecular weight excluding hydrogens is 426 g/mol. The van der Waals surface area contributed by atoms with Crippen LogP contribution in [0.2, 0.25) is 5.15 Å². The van der Waals surface area contributed by atoms with Crippen LogP contribution in [0.25, 0.3) is 0 Å². The van der Waals surface area contributed by atoms with Crippen molar-refractivity contribution in [1.82, 2.24) is 15.3 Å². The van der Waals surface area contributed by atoms with E-state index in [4.69, 9.17) is 28.8 Å². The summed E-state index contributed by atoms with van der Waals surface area (Å²) >= 11 is 11.9. The highest BCUT2D eigenvalue weighted by atomic mass is 35.5. The monoisotopic (exact) mass is 457 g/mol. The van der Waals surface area contributed by atoms with Gasteiger partial charge in [0.1, 0.15) is 11.0 Å². The summed E-state index contributed by atoms with van der Waals surface area (Å²) in [7, 11) is 0. The van der Waals surface area contributed by atoms with E-state index < -0.39 is 0 Å². The van der Waals surface area contributed by atoms with Gasteiger partial charge in [-0.3, -0.25) is 0 Å². The minimum Gasteiger partial charge on any atom is -0.361 e. The van der Waals surface area contributed by atoms with Crippen molar-refractivity contribution in [3.05, 3.63) is 47.1 Å². The SMILES string of the molecule is C[C@@H]1C[C@@H](C)CN(c2cc(Cl)nc(NC(=S)NCC3(c4ccccc4)CCCC3)n2)C1. The Labute approximate surface area is 196 Å². The van der Waals surface area contributed by atoms with E-state index in [1.165, 1.54) is 37.7 Å². The maximum atomic E-state index is 6.33. The molecule has 2 aliphatic rings. The molecule has 4 rings (SSSR count). The summed E-state index contributed by atoms with van der Waals surface area (Å²) < 4.78 is 0. The highest BCUT2D eigenvalue weighted by Crippen LogP contribution is 2.40. The van der Waals surface area contributed by atoms with Crippen LogP contribution < -0.4 is 15.5 Å². The molecule has 2 fully saturated rings. The molecule has 1 saturated heterocycles. The molecule has 0 spiro atoms. The van der Waals surface area contributed by atoms with Gasteiger partial charge in [0.05, 0.1) is 0 Å². The van der Waals surface area contributed by atoms with Crippen molar-refractivity contribution in [2.24, 2.45) is 11.8 Å². The average Bonchev–Trinajstić information content (AvgIpc) is 3.22. The van der Waals surface area contributed by atoms with Crippen LogP contribution in [0.1, 0.15) is 51.5 Å². The van der Waals surface area contributed by atoms with Gasteiger partial charge < -0.3 is 15.5 Å². The third kappa shape index (κ3) is 5.47. The first-order valence-electron chi connectivity index (χ1n) is 11.3. The van der Waals surface area contributed by atoms with Crippen molar-refractivity contribution in [1.29, 1.82) is 0 Å². The molecule has 2 N–H and O–H groups in total. The van der Waals surface area contributed by atoms with E-state index in [0.29, 0.717) is 28.0 Å². The van der Waals surface area contributed by atoms with Crippen LogP contribution in [0.5, 0.6) is 0 Å². The topological polar surface area (TPSA) is 53.1 Å². The van der Waals surface area contributed by atoms with E-state index in [1.807, 2.05) is 6.07 Å². The summed E-state index contributed by atoms with van der Waals surface area (Å²) in [6, 6.07) is 12.6. The zero-order valence-electron chi connectivity index (χ0n) is 18.4. The number of benzene rings is 1. The van der Waals surface area contributed by atoms with E-state index in [0.717, 1.165) is 25.5 Å². The molecule has 2 heterocycles. The van der Waals surface area contributed by atoms with Crippen molar-refractivity contribution in [2.45, 2.75) is 51.4 Å². The Bertz CT molecular complexity index is 890. The molecule has 2 atom stereocenters. The minimum atomic E-state index is 0.132. The van der Waals surface area contributed by atoms with E-state index in [9.17, 15) is 0 Å². The second-order valence-electron chi connectivity index (χ2n) is 9.38. The third-order valence-corrected chi connectivity index (χ3v) is 7.07. The van der Waals surface area contributed by atoms with E-state index >= 15 is 0 Å².